The highest BCUT2D eigenvalue weighted by Crippen LogP contribution is 2.14. The van der Waals surface area contributed by atoms with E-state index in [4.69, 9.17) is 0 Å². The summed E-state index contributed by atoms with van der Waals surface area (Å²) in [6.07, 6.45) is 6.50. The van der Waals surface area contributed by atoms with Gasteiger partial charge in [0.2, 0.25) is 0 Å². The second-order valence-electron chi connectivity index (χ2n) is 6.46. The van der Waals surface area contributed by atoms with Gasteiger partial charge in [0, 0.05) is 11.1 Å². The zero-order chi connectivity index (χ0) is 13.5. The van der Waals surface area contributed by atoms with Crippen LogP contribution in [0.5, 0.6) is 0 Å². The Bertz CT molecular complexity index is 179. The molecule has 0 heterocycles. The van der Waals surface area contributed by atoms with Crippen molar-refractivity contribution >= 4 is 0 Å². The average molecular weight is 242 g/mol. The number of rotatable bonds is 9. The largest absolute Gasteiger partial charge is 0.297 e. The van der Waals surface area contributed by atoms with Crippen molar-refractivity contribution in [3.63, 3.8) is 0 Å². The lowest BCUT2D eigenvalue weighted by Crippen LogP contribution is -2.57. The molecule has 0 unspecified atom stereocenters. The maximum absolute atomic E-state index is 3.76. The first-order chi connectivity index (χ1) is 7.76. The quantitative estimate of drug-likeness (QED) is 0.596. The van der Waals surface area contributed by atoms with Crippen molar-refractivity contribution in [2.75, 3.05) is 0 Å². The molecule has 0 amide bonds. The van der Waals surface area contributed by atoms with Gasteiger partial charge in [-0.15, -0.1) is 0 Å². The highest BCUT2D eigenvalue weighted by Gasteiger charge is 2.24. The first kappa shape index (κ1) is 16.9. The summed E-state index contributed by atoms with van der Waals surface area (Å²) < 4.78 is 0. The summed E-state index contributed by atoms with van der Waals surface area (Å²) in [6, 6.07) is 0. The third-order valence-electron chi connectivity index (χ3n) is 3.74. The van der Waals surface area contributed by atoms with Crippen molar-refractivity contribution in [3.8, 4) is 0 Å². The molecular weight excluding hydrogens is 208 g/mol. The van der Waals surface area contributed by atoms with Crippen LogP contribution < -0.4 is 10.6 Å². The molecule has 104 valence electrons. The Hall–Kier alpha value is -0.0800. The zero-order valence-electron chi connectivity index (χ0n) is 13.1. The number of unbranched alkanes of at least 4 members (excludes halogenated alkanes) is 1. The van der Waals surface area contributed by atoms with E-state index >= 15 is 0 Å². The molecule has 2 N–H and O–H groups in total. The van der Waals surface area contributed by atoms with Crippen molar-refractivity contribution in [1.82, 2.24) is 10.6 Å². The van der Waals surface area contributed by atoms with E-state index in [0.717, 1.165) is 12.8 Å². The maximum Gasteiger partial charge on any atom is 0.0579 e. The predicted molar refractivity (Wildman–Crippen MR) is 78.3 cm³/mol. The molecule has 0 aliphatic heterocycles. The van der Waals surface area contributed by atoms with Crippen LogP contribution in [0.2, 0.25) is 0 Å². The molecule has 0 aliphatic carbocycles. The molecule has 0 saturated heterocycles. The van der Waals surface area contributed by atoms with Gasteiger partial charge in [-0.3, -0.25) is 10.6 Å². The van der Waals surface area contributed by atoms with Crippen LogP contribution in [0.3, 0.4) is 0 Å². The van der Waals surface area contributed by atoms with E-state index in [1.807, 2.05) is 0 Å². The van der Waals surface area contributed by atoms with E-state index in [2.05, 4.69) is 59.1 Å². The third kappa shape index (κ3) is 7.77. The second kappa shape index (κ2) is 7.38. The molecule has 0 aliphatic rings. The molecule has 0 spiro atoms. The van der Waals surface area contributed by atoms with Crippen LogP contribution in [0.25, 0.3) is 0 Å². The van der Waals surface area contributed by atoms with Gasteiger partial charge < -0.3 is 0 Å². The molecule has 0 saturated carbocycles. The van der Waals surface area contributed by atoms with Crippen molar-refractivity contribution < 1.29 is 0 Å². The summed E-state index contributed by atoms with van der Waals surface area (Å²) >= 11 is 0. The normalized spacial score (nSPS) is 13.4. The van der Waals surface area contributed by atoms with Gasteiger partial charge in [-0.2, -0.15) is 0 Å². The molecule has 0 aromatic carbocycles. The van der Waals surface area contributed by atoms with Crippen LogP contribution in [0.4, 0.5) is 0 Å². The van der Waals surface area contributed by atoms with E-state index in [1.165, 1.54) is 19.3 Å². The highest BCUT2D eigenvalue weighted by molar-refractivity contribution is 4.85. The SMILES string of the molecule is CCCCC(NC(C)(C)CC)NC(C)(C)CC. The highest BCUT2D eigenvalue weighted by atomic mass is 15.2. The number of hydrogen-bond donors (Lipinski definition) is 2. The monoisotopic (exact) mass is 242 g/mol. The molecule has 0 radical (unpaired) electrons. The Morgan fingerprint density at radius 1 is 0.824 bits per heavy atom. The Labute approximate surface area is 109 Å². The van der Waals surface area contributed by atoms with Gasteiger partial charge in [-0.1, -0.05) is 33.6 Å². The van der Waals surface area contributed by atoms with Gasteiger partial charge in [0.05, 0.1) is 6.17 Å². The van der Waals surface area contributed by atoms with E-state index in [9.17, 15) is 0 Å². The molecule has 0 aromatic heterocycles. The summed E-state index contributed by atoms with van der Waals surface area (Å²) in [6.45, 7) is 15.9. The van der Waals surface area contributed by atoms with Gasteiger partial charge in [0.25, 0.3) is 0 Å². The minimum atomic E-state index is 0.217. The van der Waals surface area contributed by atoms with Crippen LogP contribution in [0, 0.1) is 0 Å². The molecule has 0 bridgehead atoms. The molecule has 0 aromatic rings. The fourth-order valence-electron chi connectivity index (χ4n) is 1.74. The Morgan fingerprint density at radius 2 is 1.24 bits per heavy atom. The molecule has 2 nitrogen and oxygen atoms in total. The average Bonchev–Trinajstić information content (AvgIpc) is 2.25. The van der Waals surface area contributed by atoms with Gasteiger partial charge >= 0.3 is 0 Å². The summed E-state index contributed by atoms with van der Waals surface area (Å²) in [7, 11) is 0. The molecule has 0 rings (SSSR count). The Kier molecular flexibility index (Phi) is 7.34. The fraction of sp³-hybridized carbons (Fsp3) is 1.00. The van der Waals surface area contributed by atoms with Crippen molar-refractivity contribution in [2.24, 2.45) is 0 Å². The van der Waals surface area contributed by atoms with Gasteiger partial charge in [0.1, 0.15) is 0 Å². The first-order valence-corrected chi connectivity index (χ1v) is 7.31. The summed E-state index contributed by atoms with van der Waals surface area (Å²) in [5, 5.41) is 7.51. The Morgan fingerprint density at radius 3 is 1.53 bits per heavy atom. The topological polar surface area (TPSA) is 24.1 Å². The minimum absolute atomic E-state index is 0.217. The lowest BCUT2D eigenvalue weighted by molar-refractivity contribution is 0.222. The van der Waals surface area contributed by atoms with Crippen molar-refractivity contribution in [1.29, 1.82) is 0 Å². The van der Waals surface area contributed by atoms with Crippen molar-refractivity contribution in [3.05, 3.63) is 0 Å². The van der Waals surface area contributed by atoms with E-state index in [-0.39, 0.29) is 11.1 Å². The standard InChI is InChI=1S/C15H34N2/c1-8-11-12-13(16-14(4,5)9-2)17-15(6,7)10-3/h13,16-17H,8-12H2,1-7H3. The summed E-state index contributed by atoms with van der Waals surface area (Å²) in [5.41, 5.74) is 0.435. The van der Waals surface area contributed by atoms with Gasteiger partial charge in [0.15, 0.2) is 0 Å². The van der Waals surface area contributed by atoms with Gasteiger partial charge in [-0.05, 0) is 47.0 Å². The van der Waals surface area contributed by atoms with Crippen LogP contribution in [0.1, 0.15) is 80.6 Å². The third-order valence-corrected chi connectivity index (χ3v) is 3.74. The van der Waals surface area contributed by atoms with Crippen LogP contribution in [-0.2, 0) is 0 Å². The molecule has 2 heteroatoms. The molecule has 0 fully saturated rings. The predicted octanol–water partition coefficient (Wildman–Crippen LogP) is 4.06. The van der Waals surface area contributed by atoms with Crippen LogP contribution in [0.15, 0.2) is 0 Å². The van der Waals surface area contributed by atoms with E-state index < -0.39 is 0 Å². The van der Waals surface area contributed by atoms with E-state index in [0.29, 0.717) is 6.17 Å². The first-order valence-electron chi connectivity index (χ1n) is 7.31. The number of hydrogen-bond acceptors (Lipinski definition) is 2. The molecule has 0 atom stereocenters. The maximum atomic E-state index is 3.76. The molecule has 17 heavy (non-hydrogen) atoms. The number of nitrogens with one attached hydrogen (secondary N) is 2. The van der Waals surface area contributed by atoms with Crippen LogP contribution in [-0.4, -0.2) is 17.2 Å². The van der Waals surface area contributed by atoms with Crippen molar-refractivity contribution in [2.45, 2.75) is 97.8 Å². The Balaban J connectivity index is 4.43. The zero-order valence-corrected chi connectivity index (χ0v) is 13.1. The fourth-order valence-corrected chi connectivity index (χ4v) is 1.74. The molecular formula is C15H34N2. The van der Waals surface area contributed by atoms with Crippen LogP contribution >= 0.6 is 0 Å². The van der Waals surface area contributed by atoms with E-state index in [1.54, 1.807) is 0 Å². The smallest absolute Gasteiger partial charge is 0.0579 e. The van der Waals surface area contributed by atoms with Gasteiger partial charge in [-0.25, -0.2) is 0 Å². The summed E-state index contributed by atoms with van der Waals surface area (Å²) in [4.78, 5) is 0. The lowest BCUT2D eigenvalue weighted by atomic mass is 9.98. The lowest BCUT2D eigenvalue weighted by Gasteiger charge is -2.37. The minimum Gasteiger partial charge on any atom is -0.297 e. The second-order valence-corrected chi connectivity index (χ2v) is 6.46. The summed E-state index contributed by atoms with van der Waals surface area (Å²) in [5.74, 6) is 0.